The van der Waals surface area contributed by atoms with Crippen molar-refractivity contribution in [1.82, 2.24) is 10.3 Å². The molecule has 1 unspecified atom stereocenters. The van der Waals surface area contributed by atoms with E-state index < -0.39 is 0 Å². The van der Waals surface area contributed by atoms with Crippen LogP contribution in [0.15, 0.2) is 24.3 Å². The van der Waals surface area contributed by atoms with Crippen LogP contribution in [0.2, 0.25) is 0 Å². The summed E-state index contributed by atoms with van der Waals surface area (Å²) in [5.41, 5.74) is 3.93. The first-order valence-electron chi connectivity index (χ1n) is 7.55. The highest BCUT2D eigenvalue weighted by Crippen LogP contribution is 2.37. The van der Waals surface area contributed by atoms with E-state index >= 15 is 0 Å². The van der Waals surface area contributed by atoms with E-state index in [2.05, 4.69) is 43.4 Å². The number of hydrogen-bond acceptors (Lipinski definition) is 3. The van der Waals surface area contributed by atoms with E-state index in [-0.39, 0.29) is 0 Å². The first-order chi connectivity index (χ1) is 9.78. The number of rotatable bonds is 4. The molecule has 3 heteroatoms. The van der Waals surface area contributed by atoms with Crippen LogP contribution in [0.5, 0.6) is 0 Å². The lowest BCUT2D eigenvalue weighted by Crippen LogP contribution is -2.23. The molecule has 1 N–H and O–H groups in total. The quantitative estimate of drug-likeness (QED) is 0.913. The van der Waals surface area contributed by atoms with Gasteiger partial charge >= 0.3 is 0 Å². The maximum absolute atomic E-state index is 4.96. The van der Waals surface area contributed by atoms with Crippen molar-refractivity contribution < 1.29 is 0 Å². The van der Waals surface area contributed by atoms with Crippen LogP contribution in [0.3, 0.4) is 0 Å². The minimum Gasteiger partial charge on any atom is -0.316 e. The molecule has 0 bridgehead atoms. The molecule has 0 spiro atoms. The number of fused-ring (bicyclic) bond motifs is 1. The molecule has 0 aliphatic heterocycles. The molecule has 1 aromatic carbocycles. The number of nitrogens with zero attached hydrogens (tertiary/aromatic N) is 1. The third-order valence-corrected chi connectivity index (χ3v) is 5.19. The highest BCUT2D eigenvalue weighted by molar-refractivity contribution is 7.15. The SMILES string of the molecule is CCNCC1CCCc2sc(-c3ccc(C)cc3)nc21. The number of hydrogen-bond donors (Lipinski definition) is 1. The topological polar surface area (TPSA) is 24.9 Å². The fourth-order valence-corrected chi connectivity index (χ4v) is 4.04. The predicted octanol–water partition coefficient (Wildman–Crippen LogP) is 4.15. The van der Waals surface area contributed by atoms with Crippen LogP contribution >= 0.6 is 11.3 Å². The van der Waals surface area contributed by atoms with E-state index in [0.29, 0.717) is 5.92 Å². The Balaban J connectivity index is 1.88. The van der Waals surface area contributed by atoms with Crippen LogP contribution in [-0.2, 0) is 6.42 Å². The first-order valence-corrected chi connectivity index (χ1v) is 8.37. The number of likely N-dealkylation sites (N-methyl/N-ethyl adjacent to an activating group) is 1. The lowest BCUT2D eigenvalue weighted by atomic mass is 9.91. The number of aryl methyl sites for hydroxylation is 2. The molecule has 2 nitrogen and oxygen atoms in total. The molecule has 0 fully saturated rings. The first kappa shape index (κ1) is 13.8. The summed E-state index contributed by atoms with van der Waals surface area (Å²) < 4.78 is 0. The lowest BCUT2D eigenvalue weighted by molar-refractivity contribution is 0.509. The molecule has 0 amide bonds. The van der Waals surface area contributed by atoms with Gasteiger partial charge in [-0.25, -0.2) is 4.98 Å². The van der Waals surface area contributed by atoms with Crippen molar-refractivity contribution in [3.8, 4) is 10.6 Å². The van der Waals surface area contributed by atoms with Gasteiger partial charge in [-0.15, -0.1) is 11.3 Å². The van der Waals surface area contributed by atoms with Gasteiger partial charge in [0.15, 0.2) is 0 Å². The highest BCUT2D eigenvalue weighted by atomic mass is 32.1. The standard InChI is InChI=1S/C17H22N2S/c1-3-18-11-14-5-4-6-15-16(14)19-17(20-15)13-9-7-12(2)8-10-13/h7-10,14,18H,3-6,11H2,1-2H3. The Bertz CT molecular complexity index is 571. The summed E-state index contributed by atoms with van der Waals surface area (Å²) in [6.07, 6.45) is 3.79. The van der Waals surface area contributed by atoms with Gasteiger partial charge in [0.25, 0.3) is 0 Å². The zero-order chi connectivity index (χ0) is 13.9. The summed E-state index contributed by atoms with van der Waals surface area (Å²) in [4.78, 5) is 6.47. The van der Waals surface area contributed by atoms with Crippen LogP contribution < -0.4 is 5.32 Å². The van der Waals surface area contributed by atoms with Gasteiger partial charge in [0, 0.05) is 22.9 Å². The third-order valence-electron chi connectivity index (χ3n) is 4.01. The number of aromatic nitrogens is 1. The van der Waals surface area contributed by atoms with Gasteiger partial charge in [0.2, 0.25) is 0 Å². The molecule has 1 aliphatic carbocycles. The van der Waals surface area contributed by atoms with Crippen molar-refractivity contribution in [1.29, 1.82) is 0 Å². The normalized spacial score (nSPS) is 18.0. The zero-order valence-corrected chi connectivity index (χ0v) is 13.1. The van der Waals surface area contributed by atoms with Crippen molar-refractivity contribution in [3.63, 3.8) is 0 Å². The highest BCUT2D eigenvalue weighted by Gasteiger charge is 2.24. The second-order valence-corrected chi connectivity index (χ2v) is 6.67. The van der Waals surface area contributed by atoms with Gasteiger partial charge < -0.3 is 5.32 Å². The van der Waals surface area contributed by atoms with E-state index in [4.69, 9.17) is 4.98 Å². The van der Waals surface area contributed by atoms with Gasteiger partial charge in [-0.2, -0.15) is 0 Å². The largest absolute Gasteiger partial charge is 0.316 e. The lowest BCUT2D eigenvalue weighted by Gasteiger charge is -2.21. The fraction of sp³-hybridized carbons (Fsp3) is 0.471. The Labute approximate surface area is 125 Å². The van der Waals surface area contributed by atoms with Crippen LogP contribution in [0, 0.1) is 6.92 Å². The summed E-state index contributed by atoms with van der Waals surface area (Å²) in [6.45, 7) is 6.41. The maximum Gasteiger partial charge on any atom is 0.123 e. The van der Waals surface area contributed by atoms with Crippen molar-refractivity contribution in [2.24, 2.45) is 0 Å². The van der Waals surface area contributed by atoms with Crippen LogP contribution in [0.25, 0.3) is 10.6 Å². The predicted molar refractivity (Wildman–Crippen MR) is 86.5 cm³/mol. The molecular weight excluding hydrogens is 264 g/mol. The minimum atomic E-state index is 0.606. The van der Waals surface area contributed by atoms with E-state index in [1.807, 2.05) is 11.3 Å². The van der Waals surface area contributed by atoms with E-state index in [0.717, 1.165) is 13.1 Å². The van der Waals surface area contributed by atoms with Crippen molar-refractivity contribution in [3.05, 3.63) is 40.4 Å². The second kappa shape index (κ2) is 6.06. The summed E-state index contributed by atoms with van der Waals surface area (Å²) >= 11 is 1.89. The second-order valence-electron chi connectivity index (χ2n) is 5.59. The minimum absolute atomic E-state index is 0.606. The number of benzene rings is 1. The Morgan fingerprint density at radius 3 is 2.85 bits per heavy atom. The van der Waals surface area contributed by atoms with Crippen LogP contribution in [-0.4, -0.2) is 18.1 Å². The summed E-state index contributed by atoms with van der Waals surface area (Å²) in [5, 5.41) is 4.67. The zero-order valence-electron chi connectivity index (χ0n) is 12.3. The number of thiazole rings is 1. The van der Waals surface area contributed by atoms with Crippen molar-refractivity contribution in [2.45, 2.75) is 39.0 Å². The van der Waals surface area contributed by atoms with Gasteiger partial charge in [-0.05, 0) is 32.7 Å². The molecule has 1 atom stereocenters. The maximum atomic E-state index is 4.96. The average Bonchev–Trinajstić information content (AvgIpc) is 2.90. The molecule has 20 heavy (non-hydrogen) atoms. The molecule has 3 rings (SSSR count). The Kier molecular flexibility index (Phi) is 4.18. The Hall–Kier alpha value is -1.19. The molecule has 1 aliphatic rings. The van der Waals surface area contributed by atoms with Crippen LogP contribution in [0.4, 0.5) is 0 Å². The molecule has 0 saturated carbocycles. The monoisotopic (exact) mass is 286 g/mol. The number of nitrogens with one attached hydrogen (secondary N) is 1. The van der Waals surface area contributed by atoms with E-state index in [1.54, 1.807) is 0 Å². The van der Waals surface area contributed by atoms with Gasteiger partial charge in [-0.3, -0.25) is 0 Å². The molecule has 2 aromatic rings. The average molecular weight is 286 g/mol. The molecule has 0 radical (unpaired) electrons. The Morgan fingerprint density at radius 2 is 2.10 bits per heavy atom. The summed E-state index contributed by atoms with van der Waals surface area (Å²) in [5.74, 6) is 0.606. The molecule has 106 valence electrons. The third kappa shape index (κ3) is 2.79. The smallest absolute Gasteiger partial charge is 0.123 e. The Morgan fingerprint density at radius 1 is 1.30 bits per heavy atom. The van der Waals surface area contributed by atoms with E-state index in [9.17, 15) is 0 Å². The summed E-state index contributed by atoms with van der Waals surface area (Å²) in [7, 11) is 0. The van der Waals surface area contributed by atoms with E-state index in [1.165, 1.54) is 46.0 Å². The molecule has 1 aromatic heterocycles. The fourth-order valence-electron chi connectivity index (χ4n) is 2.84. The van der Waals surface area contributed by atoms with Gasteiger partial charge in [0.1, 0.15) is 5.01 Å². The van der Waals surface area contributed by atoms with Crippen molar-refractivity contribution in [2.75, 3.05) is 13.1 Å². The molecule has 0 saturated heterocycles. The van der Waals surface area contributed by atoms with Crippen molar-refractivity contribution >= 4 is 11.3 Å². The van der Waals surface area contributed by atoms with Gasteiger partial charge in [-0.1, -0.05) is 36.8 Å². The molecule has 1 heterocycles. The van der Waals surface area contributed by atoms with Gasteiger partial charge in [0.05, 0.1) is 5.69 Å². The van der Waals surface area contributed by atoms with Crippen LogP contribution in [0.1, 0.15) is 41.8 Å². The summed E-state index contributed by atoms with van der Waals surface area (Å²) in [6, 6.07) is 8.73. The molecular formula is C17H22N2S.